The Kier molecular flexibility index (Phi) is 6.11. The maximum absolute atomic E-state index is 11.7. The van der Waals surface area contributed by atoms with Gasteiger partial charge in [-0.3, -0.25) is 4.79 Å². The molecule has 0 radical (unpaired) electrons. The normalized spacial score (nSPS) is 10.4. The minimum Gasteiger partial charge on any atom is -0.439 e. The van der Waals surface area contributed by atoms with E-state index in [1.54, 1.807) is 18.3 Å². The fraction of sp³-hybridized carbons (Fsp3) is 0.333. The number of ether oxygens (including phenoxy) is 1. The van der Waals surface area contributed by atoms with Gasteiger partial charge in [0.25, 0.3) is 0 Å². The largest absolute Gasteiger partial charge is 0.439 e. The molecule has 0 aliphatic heterocycles. The molecule has 23 heavy (non-hydrogen) atoms. The van der Waals surface area contributed by atoms with Gasteiger partial charge in [0.05, 0.1) is 11.9 Å². The van der Waals surface area contributed by atoms with Gasteiger partial charge >= 0.3 is 0 Å². The van der Waals surface area contributed by atoms with Crippen molar-refractivity contribution in [3.05, 3.63) is 47.7 Å². The quantitative estimate of drug-likeness (QED) is 0.769. The molecule has 0 aliphatic rings. The van der Waals surface area contributed by atoms with Gasteiger partial charge in [-0.15, -0.1) is 0 Å². The van der Waals surface area contributed by atoms with Crippen molar-refractivity contribution in [3.8, 4) is 11.6 Å². The predicted octanol–water partition coefficient (Wildman–Crippen LogP) is 3.43. The number of carbonyl (C=O) groups excluding carboxylic acids is 1. The summed E-state index contributed by atoms with van der Waals surface area (Å²) in [6.45, 7) is 4.89. The number of amides is 1. The molecule has 2 N–H and O–H groups in total. The first kappa shape index (κ1) is 17.0. The molecule has 122 valence electrons. The Hall–Kier alpha value is -2.40. The van der Waals surface area contributed by atoms with Crippen molar-refractivity contribution in [1.82, 2.24) is 10.3 Å². The van der Waals surface area contributed by atoms with Gasteiger partial charge < -0.3 is 15.4 Å². The molecule has 1 aromatic heterocycles. The summed E-state index contributed by atoms with van der Waals surface area (Å²) in [5, 5.41) is 5.84. The molecule has 2 aromatic rings. The van der Waals surface area contributed by atoms with Crippen LogP contribution >= 0.6 is 0 Å². The lowest BCUT2D eigenvalue weighted by molar-refractivity contribution is -0.116. The number of anilines is 1. The number of pyridine rings is 1. The van der Waals surface area contributed by atoms with Crippen LogP contribution in [0.25, 0.3) is 0 Å². The molecule has 0 saturated heterocycles. The molecule has 1 amide bonds. The highest BCUT2D eigenvalue weighted by molar-refractivity contribution is 5.90. The molecule has 1 aromatic carbocycles. The molecular formula is C18H23N3O2. The Labute approximate surface area is 137 Å². The first-order valence-electron chi connectivity index (χ1n) is 7.74. The number of aromatic nitrogens is 1. The van der Waals surface area contributed by atoms with E-state index < -0.39 is 0 Å². The summed E-state index contributed by atoms with van der Waals surface area (Å²) >= 11 is 0. The smallest absolute Gasteiger partial charge is 0.224 e. The third kappa shape index (κ3) is 5.07. The van der Waals surface area contributed by atoms with Gasteiger partial charge in [-0.05, 0) is 57.1 Å². The third-order valence-corrected chi connectivity index (χ3v) is 3.62. The van der Waals surface area contributed by atoms with Crippen LogP contribution < -0.4 is 15.4 Å². The monoisotopic (exact) mass is 313 g/mol. The zero-order chi connectivity index (χ0) is 16.7. The van der Waals surface area contributed by atoms with E-state index >= 15 is 0 Å². The van der Waals surface area contributed by atoms with Crippen molar-refractivity contribution in [1.29, 1.82) is 0 Å². The highest BCUT2D eigenvalue weighted by Gasteiger charge is 2.06. The number of hydrogen-bond acceptors (Lipinski definition) is 4. The Balaban J connectivity index is 1.94. The Morgan fingerprint density at radius 2 is 2.04 bits per heavy atom. The summed E-state index contributed by atoms with van der Waals surface area (Å²) in [6.07, 6.45) is 2.90. The molecule has 1 heterocycles. The van der Waals surface area contributed by atoms with Crippen LogP contribution in [0.15, 0.2) is 36.5 Å². The van der Waals surface area contributed by atoms with Gasteiger partial charge in [0.2, 0.25) is 11.8 Å². The lowest BCUT2D eigenvalue weighted by Gasteiger charge is -2.10. The van der Waals surface area contributed by atoms with E-state index in [2.05, 4.69) is 15.6 Å². The van der Waals surface area contributed by atoms with Gasteiger partial charge in [0.1, 0.15) is 5.75 Å². The fourth-order valence-corrected chi connectivity index (χ4v) is 2.11. The van der Waals surface area contributed by atoms with Crippen LogP contribution in [0.2, 0.25) is 0 Å². The molecule has 0 atom stereocenters. The fourth-order valence-electron chi connectivity index (χ4n) is 2.11. The Morgan fingerprint density at radius 3 is 2.74 bits per heavy atom. The summed E-state index contributed by atoms with van der Waals surface area (Å²) in [5.74, 6) is 1.29. The molecule has 0 unspecified atom stereocenters. The minimum atomic E-state index is -0.00903. The number of carbonyl (C=O) groups is 1. The average molecular weight is 313 g/mol. The lowest BCUT2D eigenvalue weighted by Crippen LogP contribution is -2.15. The van der Waals surface area contributed by atoms with E-state index in [1.165, 1.54) is 5.56 Å². The molecule has 0 spiro atoms. The van der Waals surface area contributed by atoms with Gasteiger partial charge in [-0.1, -0.05) is 12.1 Å². The molecule has 2 rings (SSSR count). The number of nitrogens with one attached hydrogen (secondary N) is 2. The molecular weight excluding hydrogens is 290 g/mol. The number of nitrogens with zero attached hydrogens (tertiary/aromatic N) is 1. The highest BCUT2D eigenvalue weighted by atomic mass is 16.5. The van der Waals surface area contributed by atoms with Crippen LogP contribution in [-0.2, 0) is 4.79 Å². The molecule has 0 fully saturated rings. The van der Waals surface area contributed by atoms with Crippen LogP contribution in [0, 0.1) is 13.8 Å². The topological polar surface area (TPSA) is 63.2 Å². The molecule has 5 heteroatoms. The van der Waals surface area contributed by atoms with E-state index in [-0.39, 0.29) is 5.91 Å². The van der Waals surface area contributed by atoms with Gasteiger partial charge in [-0.25, -0.2) is 4.98 Å². The SMILES string of the molecule is CNCCCC(=O)Nc1ccc(Oc2cccc(C)c2C)nc1. The average Bonchev–Trinajstić information content (AvgIpc) is 2.54. The maximum atomic E-state index is 11.7. The van der Waals surface area contributed by atoms with Crippen molar-refractivity contribution < 1.29 is 9.53 Å². The van der Waals surface area contributed by atoms with Crippen LogP contribution in [0.1, 0.15) is 24.0 Å². The summed E-state index contributed by atoms with van der Waals surface area (Å²) in [5.41, 5.74) is 2.94. The van der Waals surface area contributed by atoms with E-state index in [1.807, 2.05) is 39.1 Å². The van der Waals surface area contributed by atoms with Crippen molar-refractivity contribution in [2.24, 2.45) is 0 Å². The van der Waals surface area contributed by atoms with E-state index in [9.17, 15) is 4.79 Å². The first-order valence-corrected chi connectivity index (χ1v) is 7.74. The molecule has 0 bridgehead atoms. The lowest BCUT2D eigenvalue weighted by atomic mass is 10.1. The zero-order valence-electron chi connectivity index (χ0n) is 13.8. The minimum absolute atomic E-state index is 0.00903. The van der Waals surface area contributed by atoms with E-state index in [4.69, 9.17) is 4.74 Å². The van der Waals surface area contributed by atoms with Crippen LogP contribution in [0.3, 0.4) is 0 Å². The van der Waals surface area contributed by atoms with Gasteiger partial charge in [0.15, 0.2) is 0 Å². The van der Waals surface area contributed by atoms with Crippen LogP contribution in [-0.4, -0.2) is 24.5 Å². The second-order valence-corrected chi connectivity index (χ2v) is 5.44. The van der Waals surface area contributed by atoms with E-state index in [0.717, 1.165) is 24.3 Å². The molecule has 5 nitrogen and oxygen atoms in total. The summed E-state index contributed by atoms with van der Waals surface area (Å²) in [6, 6.07) is 9.47. The van der Waals surface area contributed by atoms with Crippen molar-refractivity contribution in [3.63, 3.8) is 0 Å². The second kappa shape index (κ2) is 8.29. The van der Waals surface area contributed by atoms with Crippen molar-refractivity contribution in [2.45, 2.75) is 26.7 Å². The van der Waals surface area contributed by atoms with Gasteiger partial charge in [0, 0.05) is 12.5 Å². The third-order valence-electron chi connectivity index (χ3n) is 3.62. The maximum Gasteiger partial charge on any atom is 0.224 e. The van der Waals surface area contributed by atoms with Gasteiger partial charge in [-0.2, -0.15) is 0 Å². The van der Waals surface area contributed by atoms with Crippen molar-refractivity contribution >= 4 is 11.6 Å². The zero-order valence-corrected chi connectivity index (χ0v) is 13.8. The summed E-state index contributed by atoms with van der Waals surface area (Å²) < 4.78 is 5.80. The highest BCUT2D eigenvalue weighted by Crippen LogP contribution is 2.26. The predicted molar refractivity (Wildman–Crippen MR) is 92.0 cm³/mol. The standard InChI is InChI=1S/C18H23N3O2/c1-13-6-4-7-16(14(13)2)23-18-10-9-15(12-20-18)21-17(22)8-5-11-19-3/h4,6-7,9-10,12,19H,5,8,11H2,1-3H3,(H,21,22). The number of benzene rings is 1. The molecule has 0 aliphatic carbocycles. The number of aryl methyl sites for hydroxylation is 1. The number of rotatable bonds is 7. The second-order valence-electron chi connectivity index (χ2n) is 5.44. The first-order chi connectivity index (χ1) is 11.1. The summed E-state index contributed by atoms with van der Waals surface area (Å²) in [7, 11) is 1.87. The Bertz CT molecular complexity index is 654. The molecule has 0 saturated carbocycles. The Morgan fingerprint density at radius 1 is 1.22 bits per heavy atom. The van der Waals surface area contributed by atoms with Crippen LogP contribution in [0.4, 0.5) is 5.69 Å². The summed E-state index contributed by atoms with van der Waals surface area (Å²) in [4.78, 5) is 16.0. The van der Waals surface area contributed by atoms with Crippen LogP contribution in [0.5, 0.6) is 11.6 Å². The van der Waals surface area contributed by atoms with E-state index in [0.29, 0.717) is 18.0 Å². The number of hydrogen-bond donors (Lipinski definition) is 2. The van der Waals surface area contributed by atoms with Crippen molar-refractivity contribution in [2.75, 3.05) is 18.9 Å².